The molecule has 0 aliphatic carbocycles. The van der Waals surface area contributed by atoms with Crippen molar-refractivity contribution < 1.29 is 0 Å². The Morgan fingerprint density at radius 2 is 1.81 bits per heavy atom. The summed E-state index contributed by atoms with van der Waals surface area (Å²) in [6, 6.07) is 9.77. The molecule has 0 aliphatic rings. The number of anilines is 1. The molecule has 0 aliphatic heterocycles. The molecular weight excluding hydrogens is 264 g/mol. The van der Waals surface area contributed by atoms with Crippen LogP contribution in [0.5, 0.6) is 0 Å². The highest BCUT2D eigenvalue weighted by Crippen LogP contribution is 2.23. The van der Waals surface area contributed by atoms with Crippen LogP contribution >= 0.6 is 0 Å². The lowest BCUT2D eigenvalue weighted by Gasteiger charge is -1.98. The first kappa shape index (κ1) is 11.8. The van der Waals surface area contributed by atoms with Gasteiger partial charge in [-0.15, -0.1) is 0 Å². The van der Waals surface area contributed by atoms with Crippen molar-refractivity contribution >= 4 is 28.0 Å². The summed E-state index contributed by atoms with van der Waals surface area (Å²) in [5.74, 6) is 1.57. The van der Waals surface area contributed by atoms with Crippen molar-refractivity contribution in [3.05, 3.63) is 42.7 Å². The van der Waals surface area contributed by atoms with Gasteiger partial charge in [-0.2, -0.15) is 0 Å². The molecule has 3 heterocycles. The maximum absolute atomic E-state index is 4.54. The van der Waals surface area contributed by atoms with Crippen molar-refractivity contribution in [2.24, 2.45) is 0 Å². The van der Waals surface area contributed by atoms with E-state index in [0.29, 0.717) is 5.65 Å². The van der Waals surface area contributed by atoms with Gasteiger partial charge >= 0.3 is 0 Å². The second-order valence-corrected chi connectivity index (χ2v) is 4.66. The summed E-state index contributed by atoms with van der Waals surface area (Å²) in [6.45, 7) is 0. The van der Waals surface area contributed by atoms with E-state index in [0.717, 1.165) is 33.8 Å². The molecule has 4 rings (SSSR count). The Morgan fingerprint density at radius 3 is 2.67 bits per heavy atom. The second kappa shape index (κ2) is 4.52. The summed E-state index contributed by atoms with van der Waals surface area (Å²) in [4.78, 5) is 20.8. The SMILES string of the molecule is CNc1ccc2[nH]c(-c3ccc4nccnc4c3)nc2n1. The number of hydrogen-bond acceptors (Lipinski definition) is 5. The van der Waals surface area contributed by atoms with Gasteiger partial charge in [-0.1, -0.05) is 0 Å². The molecule has 0 bridgehead atoms. The van der Waals surface area contributed by atoms with E-state index in [-0.39, 0.29) is 0 Å². The number of H-pyrrole nitrogens is 1. The number of aromatic nitrogens is 5. The molecule has 0 radical (unpaired) electrons. The molecule has 0 fully saturated rings. The van der Waals surface area contributed by atoms with Crippen LogP contribution in [0.4, 0.5) is 5.82 Å². The van der Waals surface area contributed by atoms with Crippen molar-refractivity contribution in [1.29, 1.82) is 0 Å². The number of benzene rings is 1. The first-order valence-corrected chi connectivity index (χ1v) is 6.59. The Bertz CT molecular complexity index is 943. The van der Waals surface area contributed by atoms with Gasteiger partial charge in [0.15, 0.2) is 5.65 Å². The molecular formula is C15H12N6. The van der Waals surface area contributed by atoms with E-state index in [2.05, 4.69) is 30.2 Å². The minimum atomic E-state index is 0.691. The fourth-order valence-corrected chi connectivity index (χ4v) is 2.28. The molecule has 21 heavy (non-hydrogen) atoms. The van der Waals surface area contributed by atoms with Crippen molar-refractivity contribution in [2.45, 2.75) is 0 Å². The second-order valence-electron chi connectivity index (χ2n) is 4.66. The molecule has 6 heteroatoms. The van der Waals surface area contributed by atoms with Crippen LogP contribution in [0.1, 0.15) is 0 Å². The van der Waals surface area contributed by atoms with E-state index in [4.69, 9.17) is 0 Å². The molecule has 3 aromatic heterocycles. The van der Waals surface area contributed by atoms with Crippen molar-refractivity contribution in [2.75, 3.05) is 12.4 Å². The fourth-order valence-electron chi connectivity index (χ4n) is 2.28. The van der Waals surface area contributed by atoms with E-state index < -0.39 is 0 Å². The van der Waals surface area contributed by atoms with Gasteiger partial charge in [0.25, 0.3) is 0 Å². The third-order valence-electron chi connectivity index (χ3n) is 3.34. The van der Waals surface area contributed by atoms with Crippen molar-refractivity contribution in [1.82, 2.24) is 24.9 Å². The monoisotopic (exact) mass is 276 g/mol. The number of nitrogens with one attached hydrogen (secondary N) is 2. The zero-order valence-electron chi connectivity index (χ0n) is 11.3. The minimum absolute atomic E-state index is 0.691. The summed E-state index contributed by atoms with van der Waals surface area (Å²) < 4.78 is 0. The third-order valence-corrected chi connectivity index (χ3v) is 3.34. The smallest absolute Gasteiger partial charge is 0.180 e. The first-order valence-electron chi connectivity index (χ1n) is 6.59. The molecule has 0 saturated heterocycles. The molecule has 0 atom stereocenters. The molecule has 0 amide bonds. The lowest BCUT2D eigenvalue weighted by Crippen LogP contribution is -1.91. The van der Waals surface area contributed by atoms with Crippen LogP contribution in [0.25, 0.3) is 33.6 Å². The number of pyridine rings is 1. The summed E-state index contributed by atoms with van der Waals surface area (Å²) in [5, 5.41) is 3.01. The fraction of sp³-hybridized carbons (Fsp3) is 0.0667. The third kappa shape index (κ3) is 1.97. The molecule has 6 nitrogen and oxygen atoms in total. The Labute approximate surface area is 120 Å². The maximum Gasteiger partial charge on any atom is 0.180 e. The highest BCUT2D eigenvalue weighted by molar-refractivity contribution is 5.82. The van der Waals surface area contributed by atoms with Crippen LogP contribution in [0, 0.1) is 0 Å². The van der Waals surface area contributed by atoms with E-state index in [1.807, 2.05) is 37.4 Å². The maximum atomic E-state index is 4.54. The molecule has 102 valence electrons. The van der Waals surface area contributed by atoms with Gasteiger partial charge in [0.1, 0.15) is 11.6 Å². The standard InChI is InChI=1S/C15H12N6/c1-16-13-5-4-11-15(20-13)21-14(19-11)9-2-3-10-12(8-9)18-7-6-17-10/h2-8H,1H3,(H2,16,19,20,21). The van der Waals surface area contributed by atoms with E-state index in [1.54, 1.807) is 12.4 Å². The molecule has 4 aromatic rings. The van der Waals surface area contributed by atoms with E-state index in [9.17, 15) is 0 Å². The number of aromatic amines is 1. The van der Waals surface area contributed by atoms with Crippen LogP contribution in [0.2, 0.25) is 0 Å². The normalized spacial score (nSPS) is 11.1. The molecule has 2 N–H and O–H groups in total. The van der Waals surface area contributed by atoms with Crippen molar-refractivity contribution in [3.63, 3.8) is 0 Å². The number of imidazole rings is 1. The summed E-state index contributed by atoms with van der Waals surface area (Å²) in [7, 11) is 1.84. The van der Waals surface area contributed by atoms with Gasteiger partial charge < -0.3 is 10.3 Å². The van der Waals surface area contributed by atoms with Crippen LogP contribution in [-0.4, -0.2) is 32.0 Å². The van der Waals surface area contributed by atoms with E-state index >= 15 is 0 Å². The highest BCUT2D eigenvalue weighted by atomic mass is 15.0. The van der Waals surface area contributed by atoms with Gasteiger partial charge in [0, 0.05) is 25.0 Å². The highest BCUT2D eigenvalue weighted by Gasteiger charge is 2.08. The Kier molecular flexibility index (Phi) is 2.53. The Morgan fingerprint density at radius 1 is 0.952 bits per heavy atom. The zero-order valence-corrected chi connectivity index (χ0v) is 11.3. The van der Waals surface area contributed by atoms with Crippen LogP contribution in [0.15, 0.2) is 42.7 Å². The average molecular weight is 276 g/mol. The van der Waals surface area contributed by atoms with Crippen molar-refractivity contribution in [3.8, 4) is 11.4 Å². The zero-order chi connectivity index (χ0) is 14.2. The molecule has 0 saturated carbocycles. The number of rotatable bonds is 2. The Hall–Kier alpha value is -3.02. The quantitative estimate of drug-likeness (QED) is 0.588. The van der Waals surface area contributed by atoms with E-state index in [1.165, 1.54) is 0 Å². The van der Waals surface area contributed by atoms with Crippen LogP contribution < -0.4 is 5.32 Å². The molecule has 0 spiro atoms. The number of fused-ring (bicyclic) bond motifs is 2. The van der Waals surface area contributed by atoms with Gasteiger partial charge in [-0.05, 0) is 30.3 Å². The molecule has 0 unspecified atom stereocenters. The number of hydrogen-bond donors (Lipinski definition) is 2. The lowest BCUT2D eigenvalue weighted by molar-refractivity contribution is 1.27. The largest absolute Gasteiger partial charge is 0.373 e. The summed E-state index contributed by atoms with van der Waals surface area (Å²) in [5.41, 5.74) is 4.28. The van der Waals surface area contributed by atoms with Gasteiger partial charge in [-0.25, -0.2) is 9.97 Å². The number of nitrogens with zero attached hydrogens (tertiary/aromatic N) is 4. The van der Waals surface area contributed by atoms with Crippen LogP contribution in [-0.2, 0) is 0 Å². The predicted molar refractivity (Wildman–Crippen MR) is 82.0 cm³/mol. The predicted octanol–water partition coefficient (Wildman–Crippen LogP) is 2.61. The average Bonchev–Trinajstić information content (AvgIpc) is 2.97. The summed E-state index contributed by atoms with van der Waals surface area (Å²) in [6.07, 6.45) is 3.37. The van der Waals surface area contributed by atoms with Gasteiger partial charge in [0.05, 0.1) is 16.6 Å². The first-order chi connectivity index (χ1) is 10.3. The topological polar surface area (TPSA) is 79.4 Å². The van der Waals surface area contributed by atoms with Crippen LogP contribution in [0.3, 0.4) is 0 Å². The minimum Gasteiger partial charge on any atom is -0.373 e. The van der Waals surface area contributed by atoms with Gasteiger partial charge in [0.2, 0.25) is 0 Å². The summed E-state index contributed by atoms with van der Waals surface area (Å²) >= 11 is 0. The Balaban J connectivity index is 1.87. The molecule has 1 aromatic carbocycles. The van der Waals surface area contributed by atoms with Gasteiger partial charge in [-0.3, -0.25) is 9.97 Å². The lowest BCUT2D eigenvalue weighted by atomic mass is 10.2.